The first-order valence-corrected chi connectivity index (χ1v) is 5.55. The number of carbonyl (C=O) groups excluding carboxylic acids is 1. The van der Waals surface area contributed by atoms with Gasteiger partial charge >= 0.3 is 0 Å². The molecule has 0 heterocycles. The van der Waals surface area contributed by atoms with Crippen LogP contribution in [-0.2, 0) is 10.2 Å². The van der Waals surface area contributed by atoms with E-state index < -0.39 is 5.41 Å². The molecular weight excluding hydrogens is 200 g/mol. The summed E-state index contributed by atoms with van der Waals surface area (Å²) in [4.78, 5) is 12.1. The van der Waals surface area contributed by atoms with E-state index >= 15 is 0 Å². The van der Waals surface area contributed by atoms with Crippen molar-refractivity contribution in [2.75, 3.05) is 6.54 Å². The van der Waals surface area contributed by atoms with Gasteiger partial charge in [0.2, 0.25) is 5.91 Å². The highest BCUT2D eigenvalue weighted by atomic mass is 16.2. The van der Waals surface area contributed by atoms with Crippen molar-refractivity contribution >= 4 is 5.91 Å². The van der Waals surface area contributed by atoms with Gasteiger partial charge in [-0.2, -0.15) is 0 Å². The molecule has 0 aromatic heterocycles. The molecule has 0 spiro atoms. The van der Waals surface area contributed by atoms with Gasteiger partial charge in [-0.25, -0.2) is 0 Å². The first-order chi connectivity index (χ1) is 7.48. The molecule has 0 aliphatic heterocycles. The number of nitrogens with one attached hydrogen (secondary N) is 1. The van der Waals surface area contributed by atoms with Gasteiger partial charge < -0.3 is 11.1 Å². The quantitative estimate of drug-likeness (QED) is 0.806. The Morgan fingerprint density at radius 2 is 1.94 bits per heavy atom. The van der Waals surface area contributed by atoms with Crippen molar-refractivity contribution in [3.8, 4) is 0 Å². The predicted molar refractivity (Wildman–Crippen MR) is 66.1 cm³/mol. The van der Waals surface area contributed by atoms with E-state index in [0.717, 1.165) is 5.56 Å². The zero-order valence-corrected chi connectivity index (χ0v) is 10.2. The molecule has 0 bridgehead atoms. The van der Waals surface area contributed by atoms with Crippen LogP contribution in [0, 0.1) is 0 Å². The molecule has 3 N–H and O–H groups in total. The van der Waals surface area contributed by atoms with Gasteiger partial charge in [0.15, 0.2) is 0 Å². The molecule has 88 valence electrons. The van der Waals surface area contributed by atoms with Gasteiger partial charge in [0.25, 0.3) is 0 Å². The molecule has 3 nitrogen and oxygen atoms in total. The molecule has 1 unspecified atom stereocenters. The summed E-state index contributed by atoms with van der Waals surface area (Å²) in [6.45, 7) is 6.19. The van der Waals surface area contributed by atoms with E-state index in [1.54, 1.807) is 0 Å². The predicted octanol–water partition coefficient (Wildman–Crippen LogP) is 1.43. The second-order valence-corrected chi connectivity index (χ2v) is 4.60. The molecule has 0 saturated carbocycles. The average Bonchev–Trinajstić information content (AvgIpc) is 2.29. The molecular formula is C13H20N2O. The summed E-state index contributed by atoms with van der Waals surface area (Å²) in [5, 5.41) is 2.90. The number of rotatable bonds is 4. The molecule has 16 heavy (non-hydrogen) atoms. The van der Waals surface area contributed by atoms with Crippen molar-refractivity contribution < 1.29 is 4.79 Å². The van der Waals surface area contributed by atoms with Crippen molar-refractivity contribution in [3.63, 3.8) is 0 Å². The molecule has 0 aliphatic rings. The zero-order valence-electron chi connectivity index (χ0n) is 10.2. The average molecular weight is 220 g/mol. The standard InChI is InChI=1S/C13H20N2O/c1-10(9-14)15-12(16)13(2,3)11-7-5-4-6-8-11/h4-8,10H,9,14H2,1-3H3,(H,15,16). The van der Waals surface area contributed by atoms with E-state index in [-0.39, 0.29) is 11.9 Å². The summed E-state index contributed by atoms with van der Waals surface area (Å²) in [6.07, 6.45) is 0. The van der Waals surface area contributed by atoms with E-state index in [9.17, 15) is 4.79 Å². The number of carbonyl (C=O) groups is 1. The highest BCUT2D eigenvalue weighted by molar-refractivity contribution is 5.87. The number of nitrogens with two attached hydrogens (primary N) is 1. The lowest BCUT2D eigenvalue weighted by Gasteiger charge is -2.26. The van der Waals surface area contributed by atoms with Crippen LogP contribution in [0.3, 0.4) is 0 Å². The van der Waals surface area contributed by atoms with Gasteiger partial charge in [-0.3, -0.25) is 4.79 Å². The number of hydrogen-bond acceptors (Lipinski definition) is 2. The minimum atomic E-state index is -0.523. The van der Waals surface area contributed by atoms with Crippen LogP contribution >= 0.6 is 0 Å². The molecule has 1 rings (SSSR count). The Labute approximate surface area is 97.0 Å². The highest BCUT2D eigenvalue weighted by Gasteiger charge is 2.29. The van der Waals surface area contributed by atoms with E-state index in [0.29, 0.717) is 6.54 Å². The van der Waals surface area contributed by atoms with Crippen LogP contribution in [0.4, 0.5) is 0 Å². The lowest BCUT2D eigenvalue weighted by molar-refractivity contribution is -0.126. The summed E-state index contributed by atoms with van der Waals surface area (Å²) in [7, 11) is 0. The molecule has 0 fully saturated rings. The third-order valence-corrected chi connectivity index (χ3v) is 2.79. The highest BCUT2D eigenvalue weighted by Crippen LogP contribution is 2.22. The van der Waals surface area contributed by atoms with E-state index in [4.69, 9.17) is 5.73 Å². The van der Waals surface area contributed by atoms with Crippen LogP contribution in [0.2, 0.25) is 0 Å². The Hall–Kier alpha value is -1.35. The van der Waals surface area contributed by atoms with Crippen LogP contribution in [0.1, 0.15) is 26.3 Å². The maximum atomic E-state index is 12.1. The fourth-order valence-corrected chi connectivity index (χ4v) is 1.45. The summed E-state index contributed by atoms with van der Waals surface area (Å²) >= 11 is 0. The summed E-state index contributed by atoms with van der Waals surface area (Å²) < 4.78 is 0. The SMILES string of the molecule is CC(CN)NC(=O)C(C)(C)c1ccccc1. The Balaban J connectivity index is 2.82. The normalized spacial score (nSPS) is 13.2. The van der Waals surface area contributed by atoms with E-state index in [1.807, 2.05) is 51.1 Å². The minimum Gasteiger partial charge on any atom is -0.352 e. The van der Waals surface area contributed by atoms with Crippen molar-refractivity contribution in [1.82, 2.24) is 5.32 Å². The Morgan fingerprint density at radius 3 is 2.44 bits per heavy atom. The summed E-state index contributed by atoms with van der Waals surface area (Å²) in [5.41, 5.74) is 5.98. The molecule has 1 aromatic rings. The third kappa shape index (κ3) is 2.83. The maximum Gasteiger partial charge on any atom is 0.230 e. The lowest BCUT2D eigenvalue weighted by Crippen LogP contribution is -2.46. The van der Waals surface area contributed by atoms with Crippen LogP contribution < -0.4 is 11.1 Å². The molecule has 0 radical (unpaired) electrons. The second-order valence-electron chi connectivity index (χ2n) is 4.60. The fourth-order valence-electron chi connectivity index (χ4n) is 1.45. The van der Waals surface area contributed by atoms with Gasteiger partial charge in [0.1, 0.15) is 0 Å². The molecule has 0 saturated heterocycles. The maximum absolute atomic E-state index is 12.1. The van der Waals surface area contributed by atoms with Crippen molar-refractivity contribution in [2.24, 2.45) is 5.73 Å². The molecule has 1 aromatic carbocycles. The first-order valence-electron chi connectivity index (χ1n) is 5.55. The van der Waals surface area contributed by atoms with Gasteiger partial charge in [0, 0.05) is 12.6 Å². The second kappa shape index (κ2) is 5.12. The Kier molecular flexibility index (Phi) is 4.07. The fraction of sp³-hybridized carbons (Fsp3) is 0.462. The summed E-state index contributed by atoms with van der Waals surface area (Å²) in [5.74, 6) is 0.0108. The van der Waals surface area contributed by atoms with Crippen molar-refractivity contribution in [3.05, 3.63) is 35.9 Å². The summed E-state index contributed by atoms with van der Waals surface area (Å²) in [6, 6.07) is 9.77. The van der Waals surface area contributed by atoms with E-state index in [2.05, 4.69) is 5.32 Å². The van der Waals surface area contributed by atoms with Gasteiger partial charge in [-0.05, 0) is 26.3 Å². The van der Waals surface area contributed by atoms with Crippen molar-refractivity contribution in [1.29, 1.82) is 0 Å². The minimum absolute atomic E-state index is 0.00971. The van der Waals surface area contributed by atoms with Crippen LogP contribution in [-0.4, -0.2) is 18.5 Å². The lowest BCUT2D eigenvalue weighted by atomic mass is 9.83. The largest absolute Gasteiger partial charge is 0.352 e. The van der Waals surface area contributed by atoms with Gasteiger partial charge in [0.05, 0.1) is 5.41 Å². The molecule has 3 heteroatoms. The van der Waals surface area contributed by atoms with Crippen LogP contribution in [0.15, 0.2) is 30.3 Å². The molecule has 0 aliphatic carbocycles. The number of hydrogen-bond donors (Lipinski definition) is 2. The van der Waals surface area contributed by atoms with Crippen LogP contribution in [0.25, 0.3) is 0 Å². The topological polar surface area (TPSA) is 55.1 Å². The monoisotopic (exact) mass is 220 g/mol. The Bertz CT molecular complexity index is 346. The molecule has 1 amide bonds. The number of amides is 1. The van der Waals surface area contributed by atoms with Crippen LogP contribution in [0.5, 0.6) is 0 Å². The number of benzene rings is 1. The zero-order chi connectivity index (χ0) is 12.2. The first kappa shape index (κ1) is 12.7. The van der Waals surface area contributed by atoms with Gasteiger partial charge in [-0.1, -0.05) is 30.3 Å². The van der Waals surface area contributed by atoms with Crippen molar-refractivity contribution in [2.45, 2.75) is 32.2 Å². The molecule has 1 atom stereocenters. The Morgan fingerprint density at radius 1 is 1.38 bits per heavy atom. The van der Waals surface area contributed by atoms with Gasteiger partial charge in [-0.15, -0.1) is 0 Å². The third-order valence-electron chi connectivity index (χ3n) is 2.79. The smallest absolute Gasteiger partial charge is 0.230 e. The van der Waals surface area contributed by atoms with E-state index in [1.165, 1.54) is 0 Å².